The largest absolute Gasteiger partial charge is 0.340 e. The number of hydrogen-bond acceptors (Lipinski definition) is 1. The Labute approximate surface area is 39.7 Å². The molecule has 1 aliphatic heterocycles. The average Bonchev–Trinajstić information content (AvgIpc) is 1.31. The van der Waals surface area contributed by atoms with E-state index < -0.39 is 0 Å². The highest BCUT2D eigenvalue weighted by Crippen LogP contribution is 2.14. The maximum atomic E-state index is 4.20. The summed E-state index contributed by atoms with van der Waals surface area (Å²) < 4.78 is 4.20. The second kappa shape index (κ2) is 1.64. The molecular weight excluding hydrogens is 90.1 g/mol. The van der Waals surface area contributed by atoms with Gasteiger partial charge in [-0.05, 0) is 18.5 Å². The lowest BCUT2D eigenvalue weighted by Crippen LogP contribution is -2.09. The van der Waals surface area contributed by atoms with E-state index in [9.17, 15) is 0 Å². The number of rotatable bonds is 0. The lowest BCUT2D eigenvalue weighted by atomic mass is 10.5. The van der Waals surface area contributed by atoms with E-state index in [1.165, 1.54) is 18.5 Å². The fourth-order valence-electron chi connectivity index (χ4n) is 0.558. The van der Waals surface area contributed by atoms with Crippen molar-refractivity contribution in [2.24, 2.45) is 4.63 Å². The van der Waals surface area contributed by atoms with Gasteiger partial charge in [-0.3, -0.25) is 0 Å². The zero-order valence-electron chi connectivity index (χ0n) is 4.07. The summed E-state index contributed by atoms with van der Waals surface area (Å²) in [5.74, 6) is 0. The van der Waals surface area contributed by atoms with Crippen molar-refractivity contribution in [3.8, 4) is 0 Å². The molecule has 0 radical (unpaired) electrons. The molecule has 1 rings (SSSR count). The van der Waals surface area contributed by atoms with Crippen molar-refractivity contribution in [2.75, 3.05) is 7.05 Å². The van der Waals surface area contributed by atoms with Crippen LogP contribution in [0.1, 0.15) is 6.42 Å². The molecule has 34 valence electrons. The molecule has 6 heavy (non-hydrogen) atoms. The molecule has 1 nitrogen and oxygen atoms in total. The first-order valence-electron chi connectivity index (χ1n) is 2.38. The molecule has 1 saturated heterocycles. The second-order valence-corrected chi connectivity index (χ2v) is 4.22. The van der Waals surface area contributed by atoms with Gasteiger partial charge >= 0.3 is 0 Å². The summed E-state index contributed by atoms with van der Waals surface area (Å²) in [5, 5.41) is 0. The molecule has 0 spiro atoms. The van der Waals surface area contributed by atoms with Gasteiger partial charge in [-0.15, -0.1) is 0 Å². The van der Waals surface area contributed by atoms with Crippen LogP contribution in [0.2, 0.25) is 12.1 Å². The van der Waals surface area contributed by atoms with Crippen LogP contribution in [0.5, 0.6) is 0 Å². The van der Waals surface area contributed by atoms with E-state index in [1.54, 1.807) is 0 Å². The number of hydrogen-bond donors (Lipinski definition) is 0. The van der Waals surface area contributed by atoms with Crippen LogP contribution in [-0.4, -0.2) is 15.6 Å². The minimum atomic E-state index is -0.0628. The molecule has 0 aromatic rings. The van der Waals surface area contributed by atoms with Crippen molar-refractivity contribution >= 4 is 8.59 Å². The number of nitrogens with zero attached hydrogens (tertiary/aromatic N) is 1. The first-order chi connectivity index (χ1) is 2.93. The van der Waals surface area contributed by atoms with Gasteiger partial charge in [-0.25, -0.2) is 0 Å². The van der Waals surface area contributed by atoms with Crippen LogP contribution in [0.15, 0.2) is 4.63 Å². The summed E-state index contributed by atoms with van der Waals surface area (Å²) in [5.41, 5.74) is 0. The molecule has 1 heterocycles. The Morgan fingerprint density at radius 1 is 1.50 bits per heavy atom. The average molecular weight is 99.2 g/mol. The first-order valence-corrected chi connectivity index (χ1v) is 4.24. The molecule has 0 aliphatic carbocycles. The van der Waals surface area contributed by atoms with E-state index in [0.29, 0.717) is 0 Å². The van der Waals surface area contributed by atoms with E-state index in [2.05, 4.69) is 4.63 Å². The predicted octanol–water partition coefficient (Wildman–Crippen LogP) is 1.28. The van der Waals surface area contributed by atoms with Crippen molar-refractivity contribution in [1.82, 2.24) is 0 Å². The van der Waals surface area contributed by atoms with Gasteiger partial charge in [0.05, 0.1) is 0 Å². The van der Waals surface area contributed by atoms with Crippen LogP contribution < -0.4 is 0 Å². The van der Waals surface area contributed by atoms with E-state index in [-0.39, 0.29) is 8.59 Å². The maximum absolute atomic E-state index is 4.20. The van der Waals surface area contributed by atoms with E-state index in [4.69, 9.17) is 0 Å². The van der Waals surface area contributed by atoms with Gasteiger partial charge in [0.2, 0.25) is 0 Å². The smallest absolute Gasteiger partial charge is 0.121 e. The van der Waals surface area contributed by atoms with Crippen LogP contribution in [0.4, 0.5) is 0 Å². The predicted molar refractivity (Wildman–Crippen MR) is 28.3 cm³/mol. The summed E-state index contributed by atoms with van der Waals surface area (Å²) in [7, 11) is 1.89. The lowest BCUT2D eigenvalue weighted by molar-refractivity contribution is 0.944. The SMILES string of the molecule is CN=[Si]1CCC1. The molecule has 0 aromatic heterocycles. The zero-order chi connectivity index (χ0) is 4.41. The molecule has 0 atom stereocenters. The second-order valence-electron chi connectivity index (χ2n) is 1.64. The highest BCUT2D eigenvalue weighted by molar-refractivity contribution is 6.49. The summed E-state index contributed by atoms with van der Waals surface area (Å²) in [6, 6.07) is 2.89. The summed E-state index contributed by atoms with van der Waals surface area (Å²) in [6.45, 7) is 0. The molecule has 0 unspecified atom stereocenters. The van der Waals surface area contributed by atoms with Gasteiger partial charge in [0.1, 0.15) is 8.59 Å². The van der Waals surface area contributed by atoms with Crippen molar-refractivity contribution in [1.29, 1.82) is 0 Å². The Morgan fingerprint density at radius 3 is 2.17 bits per heavy atom. The van der Waals surface area contributed by atoms with Crippen LogP contribution in [0, 0.1) is 0 Å². The van der Waals surface area contributed by atoms with Gasteiger partial charge in [0.15, 0.2) is 0 Å². The molecule has 2 heteroatoms. The quantitative estimate of drug-likeness (QED) is 0.406. The fraction of sp³-hybridized carbons (Fsp3) is 1.00. The summed E-state index contributed by atoms with van der Waals surface area (Å²) in [6.07, 6.45) is 1.45. The van der Waals surface area contributed by atoms with Crippen molar-refractivity contribution in [3.05, 3.63) is 0 Å². The van der Waals surface area contributed by atoms with Gasteiger partial charge in [-0.2, -0.15) is 0 Å². The zero-order valence-corrected chi connectivity index (χ0v) is 5.07. The lowest BCUT2D eigenvalue weighted by Gasteiger charge is -2.10. The van der Waals surface area contributed by atoms with Crippen LogP contribution in [-0.2, 0) is 0 Å². The van der Waals surface area contributed by atoms with Gasteiger partial charge in [0, 0.05) is 7.05 Å². The normalized spacial score (nSPS) is 19.8. The fourth-order valence-corrected chi connectivity index (χ4v) is 1.68. The Balaban J connectivity index is 2.34. The van der Waals surface area contributed by atoms with Gasteiger partial charge in [-0.1, -0.05) is 0 Å². The molecular formula is C4H9NSi. The minimum absolute atomic E-state index is 0.0628. The first kappa shape index (κ1) is 4.18. The molecule has 1 aliphatic rings. The van der Waals surface area contributed by atoms with Crippen molar-refractivity contribution in [3.63, 3.8) is 0 Å². The van der Waals surface area contributed by atoms with E-state index in [0.717, 1.165) is 0 Å². The summed E-state index contributed by atoms with van der Waals surface area (Å²) >= 11 is 0. The molecule has 0 N–H and O–H groups in total. The van der Waals surface area contributed by atoms with Crippen LogP contribution >= 0.6 is 0 Å². The van der Waals surface area contributed by atoms with E-state index in [1.807, 2.05) is 7.05 Å². The molecule has 0 bridgehead atoms. The van der Waals surface area contributed by atoms with Crippen molar-refractivity contribution in [2.45, 2.75) is 18.5 Å². The van der Waals surface area contributed by atoms with Crippen LogP contribution in [0.3, 0.4) is 0 Å². The summed E-state index contributed by atoms with van der Waals surface area (Å²) in [4.78, 5) is 0. The maximum Gasteiger partial charge on any atom is 0.121 e. The minimum Gasteiger partial charge on any atom is -0.340 e. The standard InChI is InChI=1S/C4H9NSi/c1-5-6-3-2-4-6/h2-4H2,1H3. The Hall–Kier alpha value is 0.0169. The Bertz CT molecular complexity index is 71.6. The third-order valence-electron chi connectivity index (χ3n) is 1.25. The van der Waals surface area contributed by atoms with Gasteiger partial charge in [0.25, 0.3) is 0 Å². The highest BCUT2D eigenvalue weighted by Gasteiger charge is 2.08. The Morgan fingerprint density at radius 2 is 2.17 bits per heavy atom. The van der Waals surface area contributed by atoms with Crippen LogP contribution in [0.25, 0.3) is 0 Å². The molecule has 1 fully saturated rings. The monoisotopic (exact) mass is 99.1 g/mol. The highest BCUT2D eigenvalue weighted by atomic mass is 28.2. The topological polar surface area (TPSA) is 12.4 Å². The van der Waals surface area contributed by atoms with Crippen molar-refractivity contribution < 1.29 is 0 Å². The van der Waals surface area contributed by atoms with Gasteiger partial charge < -0.3 is 4.63 Å². The molecule has 0 aromatic carbocycles. The Kier molecular flexibility index (Phi) is 1.15. The molecule has 0 amide bonds. The molecule has 0 saturated carbocycles. The third kappa shape index (κ3) is 0.569. The third-order valence-corrected chi connectivity index (χ3v) is 3.74. The van der Waals surface area contributed by atoms with E-state index >= 15 is 0 Å².